The first kappa shape index (κ1) is 17.9. The highest BCUT2D eigenvalue weighted by Gasteiger charge is 2.43. The first-order chi connectivity index (χ1) is 12.6. The minimum absolute atomic E-state index is 0.344. The Morgan fingerprint density at radius 1 is 1.23 bits per heavy atom. The van der Waals surface area contributed by atoms with Crippen molar-refractivity contribution in [2.45, 2.75) is 37.4 Å². The smallest absolute Gasteiger partial charge is 0.164 e. The van der Waals surface area contributed by atoms with Crippen LogP contribution in [0.4, 0.5) is 5.82 Å². The van der Waals surface area contributed by atoms with Crippen LogP contribution in [0.25, 0.3) is 11.0 Å². The minimum atomic E-state index is -1.07. The molecule has 9 heteroatoms. The number of nitrogen functional groups attached to an aromatic ring is 1. The molecule has 4 atom stereocenters. The molecule has 2 aliphatic rings. The number of aliphatic hydroxyl groups is 2. The number of hydrogen-bond acceptors (Lipinski definition) is 7. The summed E-state index contributed by atoms with van der Waals surface area (Å²) in [5.74, 6) is 0.813. The van der Waals surface area contributed by atoms with Crippen molar-refractivity contribution in [2.24, 2.45) is 5.92 Å². The molecule has 0 aliphatic carbocycles. The lowest BCUT2D eigenvalue weighted by Gasteiger charge is -2.20. The highest BCUT2D eigenvalue weighted by molar-refractivity contribution is 9.10. The molecule has 4 heterocycles. The van der Waals surface area contributed by atoms with E-state index < -0.39 is 24.5 Å². The van der Waals surface area contributed by atoms with Crippen LogP contribution in [0.15, 0.2) is 29.1 Å². The summed E-state index contributed by atoms with van der Waals surface area (Å²) >= 11 is 3.45. The molecular weight excluding hydrogens is 402 g/mol. The third-order valence-electron chi connectivity index (χ3n) is 5.10. The number of hydrogen-bond donors (Lipinski definition) is 4. The number of piperidine rings is 1. The number of halogens is 1. The predicted octanol–water partition coefficient (Wildman–Crippen LogP) is 0.951. The molecule has 0 bridgehead atoms. The SMILES string of the molecule is Nc1ncnc2c1c(Br)cn2[C@@H]1O[C@H](/C=C/C2CCNCC2)[C@@H](O)[C@H]1O. The number of aromatic nitrogens is 3. The Labute approximate surface area is 159 Å². The van der Waals surface area contributed by atoms with Crippen LogP contribution in [0.3, 0.4) is 0 Å². The molecule has 0 aromatic carbocycles. The monoisotopic (exact) mass is 423 g/mol. The third-order valence-corrected chi connectivity index (χ3v) is 5.70. The van der Waals surface area contributed by atoms with Crippen molar-refractivity contribution >= 4 is 32.8 Å². The van der Waals surface area contributed by atoms with Gasteiger partial charge >= 0.3 is 0 Å². The zero-order chi connectivity index (χ0) is 18.3. The molecular formula is C17H22BrN5O3. The van der Waals surface area contributed by atoms with E-state index in [-0.39, 0.29) is 0 Å². The van der Waals surface area contributed by atoms with Gasteiger partial charge in [-0.1, -0.05) is 12.2 Å². The second kappa shape index (κ2) is 7.24. The van der Waals surface area contributed by atoms with Crippen molar-refractivity contribution in [3.63, 3.8) is 0 Å². The molecule has 2 aliphatic heterocycles. The van der Waals surface area contributed by atoms with Crippen molar-refractivity contribution in [3.05, 3.63) is 29.1 Å². The van der Waals surface area contributed by atoms with Gasteiger partial charge in [-0.25, -0.2) is 9.97 Å². The van der Waals surface area contributed by atoms with Gasteiger partial charge in [-0.2, -0.15) is 0 Å². The van der Waals surface area contributed by atoms with Gasteiger partial charge in [0, 0.05) is 10.7 Å². The molecule has 0 saturated carbocycles. The van der Waals surface area contributed by atoms with E-state index in [1.54, 1.807) is 10.8 Å². The van der Waals surface area contributed by atoms with Crippen LogP contribution in [0.2, 0.25) is 0 Å². The highest BCUT2D eigenvalue weighted by Crippen LogP contribution is 2.36. The summed E-state index contributed by atoms with van der Waals surface area (Å²) in [5.41, 5.74) is 6.47. The highest BCUT2D eigenvalue weighted by atomic mass is 79.9. The molecule has 26 heavy (non-hydrogen) atoms. The van der Waals surface area contributed by atoms with Gasteiger partial charge in [0.15, 0.2) is 6.23 Å². The van der Waals surface area contributed by atoms with E-state index in [1.807, 2.05) is 6.08 Å². The number of nitrogens with two attached hydrogens (primary N) is 1. The zero-order valence-corrected chi connectivity index (χ0v) is 15.7. The van der Waals surface area contributed by atoms with Crippen LogP contribution in [0, 0.1) is 5.92 Å². The van der Waals surface area contributed by atoms with E-state index in [4.69, 9.17) is 10.5 Å². The number of allylic oxidation sites excluding steroid dienone is 1. The fourth-order valence-corrected chi connectivity index (χ4v) is 4.23. The van der Waals surface area contributed by atoms with Gasteiger partial charge in [-0.15, -0.1) is 0 Å². The number of anilines is 1. The van der Waals surface area contributed by atoms with E-state index >= 15 is 0 Å². The Bertz CT molecular complexity index is 820. The fourth-order valence-electron chi connectivity index (χ4n) is 3.63. The summed E-state index contributed by atoms with van der Waals surface area (Å²) in [6.07, 6.45) is 5.80. The molecule has 2 aromatic heterocycles. The van der Waals surface area contributed by atoms with Crippen LogP contribution in [0.1, 0.15) is 19.1 Å². The molecule has 0 unspecified atom stereocenters. The van der Waals surface area contributed by atoms with Gasteiger partial charge in [0.2, 0.25) is 0 Å². The van der Waals surface area contributed by atoms with Crippen LogP contribution in [-0.2, 0) is 4.74 Å². The van der Waals surface area contributed by atoms with Crippen LogP contribution in [0.5, 0.6) is 0 Å². The van der Waals surface area contributed by atoms with Crippen molar-refractivity contribution in [1.29, 1.82) is 0 Å². The average molecular weight is 424 g/mol. The van der Waals surface area contributed by atoms with E-state index in [0.717, 1.165) is 25.9 Å². The number of rotatable bonds is 3. The summed E-state index contributed by atoms with van der Waals surface area (Å²) in [6, 6.07) is 0. The molecule has 0 spiro atoms. The molecule has 8 nitrogen and oxygen atoms in total. The predicted molar refractivity (Wildman–Crippen MR) is 100 cm³/mol. The third kappa shape index (κ3) is 3.14. The fraction of sp³-hybridized carbons (Fsp3) is 0.529. The summed E-state index contributed by atoms with van der Waals surface area (Å²) in [5, 5.41) is 24.9. The Morgan fingerprint density at radius 2 is 2.00 bits per heavy atom. The van der Waals surface area contributed by atoms with Gasteiger partial charge in [-0.3, -0.25) is 0 Å². The number of nitrogens with one attached hydrogen (secondary N) is 1. The second-order valence-corrected chi connectivity index (χ2v) is 7.64. The van der Waals surface area contributed by atoms with Crippen LogP contribution >= 0.6 is 15.9 Å². The summed E-state index contributed by atoms with van der Waals surface area (Å²) in [6.45, 7) is 2.00. The zero-order valence-electron chi connectivity index (χ0n) is 14.1. The standard InChI is InChI=1S/C17H22BrN5O3/c18-10-7-23(16-12(10)15(19)21-8-22-16)17-14(25)13(24)11(26-17)2-1-9-3-5-20-6-4-9/h1-2,7-9,11,13-14,17,20,24-25H,3-6H2,(H2,19,21,22)/b2-1+/t11-,13-,14-,17-/m1/s1. The Hall–Kier alpha value is -1.52. The maximum atomic E-state index is 10.5. The first-order valence-corrected chi connectivity index (χ1v) is 9.52. The normalized spacial score (nSPS) is 30.6. The number of fused-ring (bicyclic) bond motifs is 1. The Balaban J connectivity index is 1.58. The molecule has 2 fully saturated rings. The molecule has 140 valence electrons. The van der Waals surface area contributed by atoms with E-state index in [0.29, 0.717) is 27.2 Å². The lowest BCUT2D eigenvalue weighted by atomic mass is 9.96. The van der Waals surface area contributed by atoms with Crippen molar-refractivity contribution in [1.82, 2.24) is 19.9 Å². The van der Waals surface area contributed by atoms with E-state index in [2.05, 4.69) is 37.3 Å². The molecule has 2 saturated heterocycles. The molecule has 0 amide bonds. The Morgan fingerprint density at radius 3 is 2.77 bits per heavy atom. The maximum absolute atomic E-state index is 10.5. The number of nitrogens with zero attached hydrogens (tertiary/aromatic N) is 3. The number of aliphatic hydroxyl groups excluding tert-OH is 2. The minimum Gasteiger partial charge on any atom is -0.387 e. The van der Waals surface area contributed by atoms with Crippen molar-refractivity contribution in [2.75, 3.05) is 18.8 Å². The van der Waals surface area contributed by atoms with Crippen molar-refractivity contribution < 1.29 is 14.9 Å². The largest absolute Gasteiger partial charge is 0.387 e. The molecule has 5 N–H and O–H groups in total. The first-order valence-electron chi connectivity index (χ1n) is 8.73. The summed E-state index contributed by atoms with van der Waals surface area (Å²) in [7, 11) is 0. The molecule has 2 aromatic rings. The quantitative estimate of drug-likeness (QED) is 0.542. The topological polar surface area (TPSA) is 118 Å². The summed E-state index contributed by atoms with van der Waals surface area (Å²) in [4.78, 5) is 8.25. The molecule has 4 rings (SSSR count). The van der Waals surface area contributed by atoms with Crippen molar-refractivity contribution in [3.8, 4) is 0 Å². The maximum Gasteiger partial charge on any atom is 0.164 e. The summed E-state index contributed by atoms with van der Waals surface area (Å²) < 4.78 is 8.36. The lowest BCUT2D eigenvalue weighted by Crippen LogP contribution is -2.31. The molecule has 0 radical (unpaired) electrons. The van der Waals surface area contributed by atoms with Crippen LogP contribution in [-0.4, -0.2) is 56.1 Å². The van der Waals surface area contributed by atoms with Gasteiger partial charge in [0.05, 0.1) is 5.39 Å². The number of ether oxygens (including phenoxy) is 1. The van der Waals surface area contributed by atoms with Crippen LogP contribution < -0.4 is 11.1 Å². The second-order valence-electron chi connectivity index (χ2n) is 6.79. The van der Waals surface area contributed by atoms with E-state index in [1.165, 1.54) is 6.33 Å². The van der Waals surface area contributed by atoms with Gasteiger partial charge in [-0.05, 0) is 47.8 Å². The van der Waals surface area contributed by atoms with E-state index in [9.17, 15) is 10.2 Å². The lowest BCUT2D eigenvalue weighted by molar-refractivity contribution is -0.0242. The average Bonchev–Trinajstić information content (AvgIpc) is 3.13. The van der Waals surface area contributed by atoms with Gasteiger partial charge < -0.3 is 30.6 Å². The van der Waals surface area contributed by atoms with Gasteiger partial charge in [0.25, 0.3) is 0 Å². The Kier molecular flexibility index (Phi) is 4.98. The van der Waals surface area contributed by atoms with Gasteiger partial charge in [0.1, 0.15) is 36.1 Å².